The van der Waals surface area contributed by atoms with Crippen molar-refractivity contribution < 1.29 is 4.79 Å². The Morgan fingerprint density at radius 2 is 2.38 bits per heavy atom. The van der Waals surface area contributed by atoms with Gasteiger partial charge in [0.2, 0.25) is 0 Å². The maximum atomic E-state index is 12.5. The maximum Gasteiger partial charge on any atom is 0.263 e. The van der Waals surface area contributed by atoms with Gasteiger partial charge in [0.15, 0.2) is 0 Å². The predicted octanol–water partition coefficient (Wildman–Crippen LogP) is 3.28. The normalized spacial score (nSPS) is 22.3. The Kier molecular flexibility index (Phi) is 4.35. The molecule has 2 aromatic heterocycles. The molecule has 1 fully saturated rings. The monoisotopic (exact) mass is 321 g/mol. The van der Waals surface area contributed by atoms with Crippen LogP contribution in [0.1, 0.15) is 35.4 Å². The summed E-state index contributed by atoms with van der Waals surface area (Å²) in [7, 11) is 0. The van der Waals surface area contributed by atoms with Crippen molar-refractivity contribution in [3.63, 3.8) is 0 Å². The van der Waals surface area contributed by atoms with E-state index in [-0.39, 0.29) is 11.9 Å². The molecular weight excluding hydrogens is 302 g/mol. The molecule has 0 radical (unpaired) electrons. The first-order valence-corrected chi connectivity index (χ1v) is 9.26. The Labute approximate surface area is 132 Å². The van der Waals surface area contributed by atoms with E-state index in [1.807, 2.05) is 23.9 Å². The van der Waals surface area contributed by atoms with Crippen molar-refractivity contribution in [3.05, 3.63) is 23.2 Å². The van der Waals surface area contributed by atoms with Gasteiger partial charge in [0.25, 0.3) is 5.91 Å². The average Bonchev–Trinajstić information content (AvgIpc) is 2.85. The van der Waals surface area contributed by atoms with Crippen molar-refractivity contribution in [2.45, 2.75) is 37.0 Å². The molecule has 0 aliphatic heterocycles. The van der Waals surface area contributed by atoms with Crippen LogP contribution in [0.4, 0.5) is 5.69 Å². The molecule has 0 saturated heterocycles. The number of nitrogens with zero attached hydrogens (tertiary/aromatic N) is 1. The van der Waals surface area contributed by atoms with Crippen molar-refractivity contribution in [2.75, 3.05) is 12.0 Å². The van der Waals surface area contributed by atoms with E-state index in [9.17, 15) is 4.79 Å². The highest BCUT2D eigenvalue weighted by Crippen LogP contribution is 2.32. The zero-order valence-electron chi connectivity index (χ0n) is 12.0. The zero-order valence-corrected chi connectivity index (χ0v) is 13.6. The fourth-order valence-electron chi connectivity index (χ4n) is 2.86. The van der Waals surface area contributed by atoms with Gasteiger partial charge in [0, 0.05) is 22.9 Å². The highest BCUT2D eigenvalue weighted by molar-refractivity contribution is 7.99. The van der Waals surface area contributed by atoms with E-state index in [2.05, 4.69) is 16.6 Å². The number of rotatable bonds is 3. The lowest BCUT2D eigenvalue weighted by atomic mass is 9.95. The first-order valence-electron chi connectivity index (χ1n) is 7.15. The van der Waals surface area contributed by atoms with Crippen molar-refractivity contribution in [3.8, 4) is 0 Å². The first kappa shape index (κ1) is 14.7. The highest BCUT2D eigenvalue weighted by atomic mass is 32.2. The fourth-order valence-corrected chi connectivity index (χ4v) is 4.65. The van der Waals surface area contributed by atoms with Crippen LogP contribution in [0, 0.1) is 0 Å². The second-order valence-electron chi connectivity index (χ2n) is 5.40. The third-order valence-electron chi connectivity index (χ3n) is 4.01. The van der Waals surface area contributed by atoms with Crippen LogP contribution >= 0.6 is 23.1 Å². The number of hydrogen-bond donors (Lipinski definition) is 2. The van der Waals surface area contributed by atoms with E-state index in [0.29, 0.717) is 15.8 Å². The molecule has 3 rings (SSSR count). The number of nitrogens with one attached hydrogen (secondary N) is 1. The Morgan fingerprint density at radius 1 is 1.52 bits per heavy atom. The molecule has 2 atom stereocenters. The van der Waals surface area contributed by atoms with E-state index in [1.165, 1.54) is 24.2 Å². The Morgan fingerprint density at radius 3 is 3.14 bits per heavy atom. The Hall–Kier alpha value is -1.27. The van der Waals surface area contributed by atoms with Gasteiger partial charge < -0.3 is 11.1 Å². The minimum Gasteiger partial charge on any atom is -0.397 e. The standard InChI is InChI=1S/C15H19N3OS2/c1-20-10-5-2-4-9(8-10)18-14(19)13-12(16)11-6-3-7-17-15(11)21-13/h3,6-7,9-10H,2,4-5,8,16H2,1H3,(H,18,19). The molecule has 3 N–H and O–H groups in total. The lowest BCUT2D eigenvalue weighted by Gasteiger charge is -2.28. The number of aromatic nitrogens is 1. The molecule has 6 heteroatoms. The molecule has 2 unspecified atom stereocenters. The number of thiophene rings is 1. The fraction of sp³-hybridized carbons (Fsp3) is 0.467. The molecule has 1 aliphatic carbocycles. The van der Waals surface area contributed by atoms with Crippen LogP contribution in [-0.2, 0) is 0 Å². The molecular formula is C15H19N3OS2. The molecule has 1 aliphatic rings. The molecule has 4 nitrogen and oxygen atoms in total. The van der Waals surface area contributed by atoms with Gasteiger partial charge in [-0.1, -0.05) is 6.42 Å². The maximum absolute atomic E-state index is 12.5. The van der Waals surface area contributed by atoms with Gasteiger partial charge in [-0.2, -0.15) is 11.8 Å². The van der Waals surface area contributed by atoms with Crippen LogP contribution in [-0.4, -0.2) is 28.4 Å². The number of amides is 1. The number of pyridine rings is 1. The van der Waals surface area contributed by atoms with Gasteiger partial charge in [0.05, 0.1) is 5.69 Å². The third kappa shape index (κ3) is 3.01. The van der Waals surface area contributed by atoms with Crippen LogP contribution in [0.5, 0.6) is 0 Å². The summed E-state index contributed by atoms with van der Waals surface area (Å²) in [6.07, 6.45) is 8.42. The van der Waals surface area contributed by atoms with Gasteiger partial charge in [-0.3, -0.25) is 4.79 Å². The van der Waals surface area contributed by atoms with E-state index in [0.717, 1.165) is 23.1 Å². The molecule has 0 bridgehead atoms. The van der Waals surface area contributed by atoms with Gasteiger partial charge in [0.1, 0.15) is 9.71 Å². The number of carbonyl (C=O) groups is 1. The largest absolute Gasteiger partial charge is 0.397 e. The molecule has 1 amide bonds. The van der Waals surface area contributed by atoms with Gasteiger partial charge >= 0.3 is 0 Å². The summed E-state index contributed by atoms with van der Waals surface area (Å²) in [5, 5.41) is 4.68. The van der Waals surface area contributed by atoms with E-state index in [1.54, 1.807) is 6.20 Å². The van der Waals surface area contributed by atoms with E-state index >= 15 is 0 Å². The number of carbonyl (C=O) groups excluding carboxylic acids is 1. The summed E-state index contributed by atoms with van der Waals surface area (Å²) in [5.41, 5.74) is 6.66. The Balaban J connectivity index is 1.76. The van der Waals surface area contributed by atoms with E-state index in [4.69, 9.17) is 5.73 Å². The van der Waals surface area contributed by atoms with E-state index < -0.39 is 0 Å². The number of nitrogens with two attached hydrogens (primary N) is 1. The van der Waals surface area contributed by atoms with Crippen LogP contribution in [0.25, 0.3) is 10.2 Å². The number of nitrogen functional groups attached to an aromatic ring is 1. The smallest absolute Gasteiger partial charge is 0.263 e. The van der Waals surface area contributed by atoms with Crippen LogP contribution in [0.2, 0.25) is 0 Å². The van der Waals surface area contributed by atoms with Gasteiger partial charge in [-0.15, -0.1) is 11.3 Å². The van der Waals surface area contributed by atoms with Crippen molar-refractivity contribution in [1.29, 1.82) is 0 Å². The number of hydrogen-bond acceptors (Lipinski definition) is 5. The number of fused-ring (bicyclic) bond motifs is 1. The highest BCUT2D eigenvalue weighted by Gasteiger charge is 2.25. The summed E-state index contributed by atoms with van der Waals surface area (Å²) >= 11 is 3.27. The number of anilines is 1. The summed E-state index contributed by atoms with van der Waals surface area (Å²) in [5.74, 6) is -0.0535. The molecule has 0 aromatic carbocycles. The zero-order chi connectivity index (χ0) is 14.8. The molecule has 0 spiro atoms. The minimum atomic E-state index is -0.0535. The lowest BCUT2D eigenvalue weighted by Crippen LogP contribution is -2.39. The van der Waals surface area contributed by atoms with Crippen molar-refractivity contribution >= 4 is 44.9 Å². The lowest BCUT2D eigenvalue weighted by molar-refractivity contribution is 0.0933. The van der Waals surface area contributed by atoms with Crippen molar-refractivity contribution in [1.82, 2.24) is 10.3 Å². The average molecular weight is 321 g/mol. The Bertz CT molecular complexity index is 655. The predicted molar refractivity (Wildman–Crippen MR) is 91.1 cm³/mol. The number of thioether (sulfide) groups is 1. The third-order valence-corrected chi connectivity index (χ3v) is 6.23. The quantitative estimate of drug-likeness (QED) is 0.910. The summed E-state index contributed by atoms with van der Waals surface area (Å²) in [4.78, 5) is 18.2. The molecule has 21 heavy (non-hydrogen) atoms. The van der Waals surface area contributed by atoms with Crippen LogP contribution in [0.15, 0.2) is 18.3 Å². The molecule has 1 saturated carbocycles. The minimum absolute atomic E-state index is 0.0535. The summed E-state index contributed by atoms with van der Waals surface area (Å²) in [6, 6.07) is 4.02. The van der Waals surface area contributed by atoms with Gasteiger partial charge in [-0.05, 0) is 37.7 Å². The second kappa shape index (κ2) is 6.23. The topological polar surface area (TPSA) is 68.0 Å². The van der Waals surface area contributed by atoms with Gasteiger partial charge in [-0.25, -0.2) is 4.98 Å². The second-order valence-corrected chi connectivity index (χ2v) is 7.53. The van der Waals surface area contributed by atoms with Crippen LogP contribution in [0.3, 0.4) is 0 Å². The summed E-state index contributed by atoms with van der Waals surface area (Å²) < 4.78 is 0. The van der Waals surface area contributed by atoms with Crippen LogP contribution < -0.4 is 11.1 Å². The molecule has 2 aromatic rings. The SMILES string of the molecule is CSC1CCCC(NC(=O)c2sc3ncccc3c2N)C1. The van der Waals surface area contributed by atoms with Crippen molar-refractivity contribution in [2.24, 2.45) is 0 Å². The first-order chi connectivity index (χ1) is 10.2. The summed E-state index contributed by atoms with van der Waals surface area (Å²) in [6.45, 7) is 0. The molecule has 112 valence electrons. The molecule has 2 heterocycles.